The van der Waals surface area contributed by atoms with Crippen LogP contribution in [0.1, 0.15) is 40.2 Å². The first-order valence-corrected chi connectivity index (χ1v) is 12.1. The molecule has 0 bridgehead atoms. The van der Waals surface area contributed by atoms with Gasteiger partial charge in [-0.2, -0.15) is 0 Å². The molecule has 5 rings (SSSR count). The average Bonchev–Trinajstić information content (AvgIpc) is 3.24. The van der Waals surface area contributed by atoms with Crippen LogP contribution in [-0.2, 0) is 6.54 Å². The zero-order chi connectivity index (χ0) is 24.2. The van der Waals surface area contributed by atoms with Crippen molar-refractivity contribution in [1.29, 1.82) is 0 Å². The van der Waals surface area contributed by atoms with E-state index in [1.54, 1.807) is 24.3 Å². The molecule has 0 spiro atoms. The van der Waals surface area contributed by atoms with E-state index in [4.69, 9.17) is 4.74 Å². The van der Waals surface area contributed by atoms with Gasteiger partial charge in [0.15, 0.2) is 0 Å². The number of fused-ring (bicyclic) bond motifs is 1. The molecule has 1 fully saturated rings. The summed E-state index contributed by atoms with van der Waals surface area (Å²) >= 11 is 0. The van der Waals surface area contributed by atoms with Crippen molar-refractivity contribution in [2.45, 2.75) is 25.3 Å². The maximum Gasteiger partial charge on any atom is 0.339 e. The average molecular weight is 473 g/mol. The van der Waals surface area contributed by atoms with E-state index in [1.165, 1.54) is 28.6 Å². The predicted octanol–water partition coefficient (Wildman–Crippen LogP) is 5.79. The molecule has 0 radical (unpaired) electrons. The number of hydrogen-bond donors (Lipinski definition) is 1. The van der Waals surface area contributed by atoms with Crippen LogP contribution < -0.4 is 4.74 Å². The molecule has 1 aliphatic heterocycles. The summed E-state index contributed by atoms with van der Waals surface area (Å²) in [6, 6.07) is 22.0. The monoisotopic (exact) mass is 472 g/mol. The third-order valence-electron chi connectivity index (χ3n) is 6.90. The molecule has 6 heteroatoms. The summed E-state index contributed by atoms with van der Waals surface area (Å²) < 4.78 is 21.4. The first-order valence-electron chi connectivity index (χ1n) is 12.1. The highest BCUT2D eigenvalue weighted by molar-refractivity contribution is 5.90. The van der Waals surface area contributed by atoms with Gasteiger partial charge >= 0.3 is 5.97 Å². The SMILES string of the molecule is O=C(O)c1ccccc1OCCN1CCC(c2cn(Cc3ccc(F)cc3)c3ccccc23)CC1. The van der Waals surface area contributed by atoms with Gasteiger partial charge in [0.1, 0.15) is 23.7 Å². The molecule has 35 heavy (non-hydrogen) atoms. The summed E-state index contributed by atoms with van der Waals surface area (Å²) in [6.07, 6.45) is 4.41. The van der Waals surface area contributed by atoms with Gasteiger partial charge in [-0.15, -0.1) is 0 Å². The first-order chi connectivity index (χ1) is 17.1. The lowest BCUT2D eigenvalue weighted by molar-refractivity contribution is 0.0691. The summed E-state index contributed by atoms with van der Waals surface area (Å²) in [5.41, 5.74) is 3.87. The Balaban J connectivity index is 1.22. The van der Waals surface area contributed by atoms with Crippen molar-refractivity contribution in [3.63, 3.8) is 0 Å². The number of aromatic nitrogens is 1. The van der Waals surface area contributed by atoms with Gasteiger partial charge in [-0.3, -0.25) is 4.90 Å². The second-order valence-corrected chi connectivity index (χ2v) is 9.12. The number of carboxylic acid groups (broad SMARTS) is 1. The third kappa shape index (κ3) is 5.23. The van der Waals surface area contributed by atoms with Gasteiger partial charge in [0.2, 0.25) is 0 Å². The number of para-hydroxylation sites is 2. The normalized spacial score (nSPS) is 14.9. The highest BCUT2D eigenvalue weighted by Crippen LogP contribution is 2.34. The Labute approximate surface area is 204 Å². The predicted molar refractivity (Wildman–Crippen MR) is 135 cm³/mol. The quantitative estimate of drug-likeness (QED) is 0.353. The van der Waals surface area contributed by atoms with Crippen molar-refractivity contribution in [1.82, 2.24) is 9.47 Å². The van der Waals surface area contributed by atoms with Gasteiger partial charge in [-0.1, -0.05) is 42.5 Å². The van der Waals surface area contributed by atoms with Crippen LogP contribution in [0.15, 0.2) is 79.0 Å². The lowest BCUT2D eigenvalue weighted by atomic mass is 9.89. The second kappa shape index (κ2) is 10.3. The van der Waals surface area contributed by atoms with E-state index in [1.807, 2.05) is 12.1 Å². The van der Waals surface area contributed by atoms with Crippen LogP contribution in [0.3, 0.4) is 0 Å². The molecular weight excluding hydrogens is 443 g/mol. The molecule has 0 aliphatic carbocycles. The van der Waals surface area contributed by atoms with Crippen LogP contribution >= 0.6 is 0 Å². The number of nitrogens with zero attached hydrogens (tertiary/aromatic N) is 2. The molecular formula is C29H29FN2O3. The van der Waals surface area contributed by atoms with Gasteiger partial charge in [0.05, 0.1) is 0 Å². The lowest BCUT2D eigenvalue weighted by Crippen LogP contribution is -2.35. The maximum atomic E-state index is 13.3. The van der Waals surface area contributed by atoms with E-state index < -0.39 is 5.97 Å². The topological polar surface area (TPSA) is 54.7 Å². The fourth-order valence-corrected chi connectivity index (χ4v) is 5.04. The Morgan fingerprint density at radius 1 is 0.971 bits per heavy atom. The van der Waals surface area contributed by atoms with E-state index >= 15 is 0 Å². The van der Waals surface area contributed by atoms with Gasteiger partial charge in [0, 0.05) is 30.2 Å². The first kappa shape index (κ1) is 23.1. The van der Waals surface area contributed by atoms with E-state index in [-0.39, 0.29) is 11.4 Å². The Bertz CT molecular complexity index is 1310. The van der Waals surface area contributed by atoms with E-state index in [2.05, 4.69) is 39.9 Å². The standard InChI is InChI=1S/C29H29FN2O3/c30-23-11-9-21(10-12-23)19-32-20-26(24-5-1-3-7-27(24)32)22-13-15-31(16-14-22)17-18-35-28-8-4-2-6-25(28)29(33)34/h1-12,20,22H,13-19H2,(H,33,34). The van der Waals surface area contributed by atoms with Crippen LogP contribution in [-0.4, -0.2) is 46.8 Å². The second-order valence-electron chi connectivity index (χ2n) is 9.12. The van der Waals surface area contributed by atoms with Gasteiger partial charge in [-0.05, 0) is 73.3 Å². The maximum absolute atomic E-state index is 13.3. The van der Waals surface area contributed by atoms with Crippen molar-refractivity contribution < 1.29 is 19.0 Å². The fraction of sp³-hybridized carbons (Fsp3) is 0.276. The van der Waals surface area contributed by atoms with Crippen LogP contribution in [0.25, 0.3) is 10.9 Å². The molecule has 1 aliphatic rings. The molecule has 2 heterocycles. The number of hydrogen-bond acceptors (Lipinski definition) is 3. The van der Waals surface area contributed by atoms with Gasteiger partial charge in [-0.25, -0.2) is 9.18 Å². The Morgan fingerprint density at radius 3 is 2.46 bits per heavy atom. The Hall–Kier alpha value is -3.64. The van der Waals surface area contributed by atoms with Crippen LogP contribution in [0.2, 0.25) is 0 Å². The summed E-state index contributed by atoms with van der Waals surface area (Å²) in [4.78, 5) is 13.7. The molecule has 0 atom stereocenters. The minimum atomic E-state index is -0.972. The van der Waals surface area contributed by atoms with Gasteiger partial charge < -0.3 is 14.4 Å². The van der Waals surface area contributed by atoms with Crippen molar-refractivity contribution in [3.05, 3.63) is 102 Å². The Morgan fingerprint density at radius 2 is 1.69 bits per heavy atom. The molecule has 5 nitrogen and oxygen atoms in total. The smallest absolute Gasteiger partial charge is 0.339 e. The summed E-state index contributed by atoms with van der Waals surface area (Å²) in [5, 5.41) is 10.6. The molecule has 180 valence electrons. The zero-order valence-electron chi connectivity index (χ0n) is 19.6. The van der Waals surface area contributed by atoms with Crippen LogP contribution in [0, 0.1) is 5.82 Å². The minimum Gasteiger partial charge on any atom is -0.491 e. The number of benzene rings is 3. The number of likely N-dealkylation sites (tertiary alicyclic amines) is 1. The highest BCUT2D eigenvalue weighted by Gasteiger charge is 2.24. The number of carboxylic acids is 1. The summed E-state index contributed by atoms with van der Waals surface area (Å²) in [6.45, 7) is 3.91. The number of rotatable bonds is 8. The molecule has 0 amide bonds. The minimum absolute atomic E-state index is 0.197. The van der Waals surface area contributed by atoms with Gasteiger partial charge in [0.25, 0.3) is 0 Å². The van der Waals surface area contributed by atoms with Crippen molar-refractivity contribution in [3.8, 4) is 5.75 Å². The number of halogens is 1. The van der Waals surface area contributed by atoms with E-state index in [9.17, 15) is 14.3 Å². The largest absolute Gasteiger partial charge is 0.491 e. The summed E-state index contributed by atoms with van der Waals surface area (Å²) in [5.74, 6) is -0.279. The number of carbonyl (C=O) groups is 1. The number of ether oxygens (including phenoxy) is 1. The number of piperidine rings is 1. The van der Waals surface area contributed by atoms with E-state index in [0.717, 1.165) is 44.6 Å². The summed E-state index contributed by atoms with van der Waals surface area (Å²) in [7, 11) is 0. The van der Waals surface area contributed by atoms with Crippen LogP contribution in [0.5, 0.6) is 5.75 Å². The fourth-order valence-electron chi connectivity index (χ4n) is 5.04. The zero-order valence-corrected chi connectivity index (χ0v) is 19.6. The van der Waals surface area contributed by atoms with Crippen molar-refractivity contribution in [2.24, 2.45) is 0 Å². The van der Waals surface area contributed by atoms with Crippen molar-refractivity contribution in [2.75, 3.05) is 26.2 Å². The molecule has 0 saturated carbocycles. The molecule has 0 unspecified atom stereocenters. The molecule has 1 N–H and O–H groups in total. The highest BCUT2D eigenvalue weighted by atomic mass is 19.1. The van der Waals surface area contributed by atoms with Crippen molar-refractivity contribution >= 4 is 16.9 Å². The molecule has 3 aromatic carbocycles. The molecule has 1 saturated heterocycles. The third-order valence-corrected chi connectivity index (χ3v) is 6.90. The lowest BCUT2D eigenvalue weighted by Gasteiger charge is -2.31. The van der Waals surface area contributed by atoms with E-state index in [0.29, 0.717) is 18.3 Å². The van der Waals surface area contributed by atoms with Crippen LogP contribution in [0.4, 0.5) is 4.39 Å². The number of aromatic carboxylic acids is 1. The molecule has 4 aromatic rings. The molecule has 1 aromatic heterocycles. The Kier molecular flexibility index (Phi) is 6.82.